The van der Waals surface area contributed by atoms with Crippen molar-refractivity contribution in [3.63, 3.8) is 0 Å². The van der Waals surface area contributed by atoms with Crippen molar-refractivity contribution >= 4 is 27.5 Å². The minimum atomic E-state index is -3.36. The molecular formula is C17H25N3O4S. The lowest BCUT2D eigenvalue weighted by Crippen LogP contribution is -2.46. The molecule has 25 heavy (non-hydrogen) atoms. The van der Waals surface area contributed by atoms with Gasteiger partial charge >= 0.3 is 0 Å². The number of rotatable bonds is 7. The number of anilines is 1. The molecule has 0 spiro atoms. The summed E-state index contributed by atoms with van der Waals surface area (Å²) in [6, 6.07) is 5.79. The van der Waals surface area contributed by atoms with Crippen molar-refractivity contribution in [2.45, 2.75) is 38.6 Å². The van der Waals surface area contributed by atoms with Crippen LogP contribution in [0.4, 0.5) is 5.69 Å². The molecule has 7 nitrogen and oxygen atoms in total. The third kappa shape index (κ3) is 5.45. The normalized spacial score (nSPS) is 17.4. The van der Waals surface area contributed by atoms with E-state index in [1.165, 1.54) is 0 Å². The molecule has 1 atom stereocenters. The molecule has 138 valence electrons. The second-order valence-corrected chi connectivity index (χ2v) is 8.00. The van der Waals surface area contributed by atoms with Gasteiger partial charge in [-0.05, 0) is 43.5 Å². The smallest absolute Gasteiger partial charge is 0.254 e. The largest absolute Gasteiger partial charge is 0.354 e. The van der Waals surface area contributed by atoms with Gasteiger partial charge in [0.05, 0.1) is 6.26 Å². The van der Waals surface area contributed by atoms with Gasteiger partial charge in [-0.3, -0.25) is 14.3 Å². The molecule has 0 bridgehead atoms. The molecule has 8 heteroatoms. The minimum Gasteiger partial charge on any atom is -0.354 e. The number of hydrogen-bond acceptors (Lipinski definition) is 4. The minimum absolute atomic E-state index is 0.102. The SMILES string of the molecule is CCCCNC(=O)C1CCCN1C(=O)c1ccc(NS(C)(=O)=O)cc1. The number of benzene rings is 1. The first-order valence-electron chi connectivity index (χ1n) is 8.48. The van der Waals surface area contributed by atoms with Gasteiger partial charge in [0.25, 0.3) is 5.91 Å². The molecule has 2 amide bonds. The van der Waals surface area contributed by atoms with Gasteiger partial charge in [0, 0.05) is 24.3 Å². The quantitative estimate of drug-likeness (QED) is 0.715. The van der Waals surface area contributed by atoms with Crippen LogP contribution in [0, 0.1) is 0 Å². The Kier molecular flexibility index (Phi) is 6.41. The van der Waals surface area contributed by atoms with E-state index < -0.39 is 16.1 Å². The Morgan fingerprint density at radius 1 is 1.24 bits per heavy atom. The van der Waals surface area contributed by atoms with E-state index in [9.17, 15) is 18.0 Å². The van der Waals surface area contributed by atoms with Crippen molar-refractivity contribution in [1.82, 2.24) is 10.2 Å². The van der Waals surface area contributed by atoms with Crippen molar-refractivity contribution < 1.29 is 18.0 Å². The average molecular weight is 367 g/mol. The maximum atomic E-state index is 12.7. The summed E-state index contributed by atoms with van der Waals surface area (Å²) in [5, 5.41) is 2.89. The monoisotopic (exact) mass is 367 g/mol. The number of hydrogen-bond donors (Lipinski definition) is 2. The van der Waals surface area contributed by atoms with Crippen LogP contribution >= 0.6 is 0 Å². The summed E-state index contributed by atoms with van der Waals surface area (Å²) in [4.78, 5) is 26.6. The van der Waals surface area contributed by atoms with E-state index in [0.717, 1.165) is 25.5 Å². The van der Waals surface area contributed by atoms with Crippen LogP contribution in [-0.2, 0) is 14.8 Å². The van der Waals surface area contributed by atoms with Crippen LogP contribution in [0.3, 0.4) is 0 Å². The van der Waals surface area contributed by atoms with E-state index in [1.807, 2.05) is 0 Å². The molecule has 0 aromatic heterocycles. The Bertz CT molecular complexity index is 716. The summed E-state index contributed by atoms with van der Waals surface area (Å²) in [6.07, 6.45) is 4.45. The number of sulfonamides is 1. The molecule has 1 unspecified atom stereocenters. The van der Waals surface area contributed by atoms with Gasteiger partial charge < -0.3 is 10.2 Å². The van der Waals surface area contributed by atoms with Crippen molar-refractivity contribution in [3.05, 3.63) is 29.8 Å². The number of likely N-dealkylation sites (tertiary alicyclic amines) is 1. The fourth-order valence-corrected chi connectivity index (χ4v) is 3.41. The molecule has 0 radical (unpaired) electrons. The Morgan fingerprint density at radius 2 is 1.92 bits per heavy atom. The van der Waals surface area contributed by atoms with E-state index in [0.29, 0.717) is 30.8 Å². The van der Waals surface area contributed by atoms with E-state index in [1.54, 1.807) is 29.2 Å². The summed E-state index contributed by atoms with van der Waals surface area (Å²) >= 11 is 0. The number of nitrogens with zero attached hydrogens (tertiary/aromatic N) is 1. The summed E-state index contributed by atoms with van der Waals surface area (Å²) < 4.78 is 24.8. The highest BCUT2D eigenvalue weighted by Crippen LogP contribution is 2.21. The molecule has 1 fully saturated rings. The van der Waals surface area contributed by atoms with Gasteiger partial charge in [-0.25, -0.2) is 8.42 Å². The van der Waals surface area contributed by atoms with Gasteiger partial charge in [-0.2, -0.15) is 0 Å². The number of nitrogens with one attached hydrogen (secondary N) is 2. The fraction of sp³-hybridized carbons (Fsp3) is 0.529. The van der Waals surface area contributed by atoms with E-state index >= 15 is 0 Å². The fourth-order valence-electron chi connectivity index (χ4n) is 2.85. The highest BCUT2D eigenvalue weighted by Gasteiger charge is 2.34. The van der Waals surface area contributed by atoms with Gasteiger partial charge in [-0.15, -0.1) is 0 Å². The Labute approximate surface area is 148 Å². The number of carbonyl (C=O) groups excluding carboxylic acids is 2. The Balaban J connectivity index is 2.04. The maximum Gasteiger partial charge on any atom is 0.254 e. The molecule has 0 aliphatic carbocycles. The van der Waals surface area contributed by atoms with E-state index in [-0.39, 0.29) is 11.8 Å². The predicted molar refractivity (Wildman–Crippen MR) is 96.9 cm³/mol. The van der Waals surface area contributed by atoms with E-state index in [2.05, 4.69) is 17.0 Å². The molecule has 2 N–H and O–H groups in total. The zero-order valence-corrected chi connectivity index (χ0v) is 15.4. The lowest BCUT2D eigenvalue weighted by Gasteiger charge is -2.24. The molecule has 1 aromatic rings. The van der Waals surface area contributed by atoms with Gasteiger partial charge in [0.15, 0.2) is 0 Å². The highest BCUT2D eigenvalue weighted by molar-refractivity contribution is 7.92. The van der Waals surface area contributed by atoms with E-state index in [4.69, 9.17) is 0 Å². The van der Waals surface area contributed by atoms with Crippen LogP contribution < -0.4 is 10.0 Å². The lowest BCUT2D eigenvalue weighted by atomic mass is 10.1. The lowest BCUT2D eigenvalue weighted by molar-refractivity contribution is -0.124. The summed E-state index contributed by atoms with van der Waals surface area (Å²) in [7, 11) is -3.36. The first kappa shape index (κ1) is 19.2. The summed E-state index contributed by atoms with van der Waals surface area (Å²) in [5.41, 5.74) is 0.835. The topological polar surface area (TPSA) is 95.6 Å². The highest BCUT2D eigenvalue weighted by atomic mass is 32.2. The average Bonchev–Trinajstić information content (AvgIpc) is 3.03. The first-order chi connectivity index (χ1) is 11.8. The van der Waals surface area contributed by atoms with Crippen molar-refractivity contribution in [3.8, 4) is 0 Å². The Morgan fingerprint density at radius 3 is 2.52 bits per heavy atom. The standard InChI is InChI=1S/C17H25N3O4S/c1-3-4-11-18-16(21)15-6-5-12-20(15)17(22)13-7-9-14(10-8-13)19-25(2,23)24/h7-10,15,19H,3-6,11-12H2,1-2H3,(H,18,21). The van der Waals surface area contributed by atoms with Crippen molar-refractivity contribution in [2.24, 2.45) is 0 Å². The second kappa shape index (κ2) is 8.33. The summed E-state index contributed by atoms with van der Waals surface area (Å²) in [6.45, 7) is 3.23. The molecule has 2 rings (SSSR count). The molecule has 1 aliphatic rings. The molecular weight excluding hydrogens is 342 g/mol. The van der Waals surface area contributed by atoms with Crippen molar-refractivity contribution in [2.75, 3.05) is 24.1 Å². The van der Waals surface area contributed by atoms with Crippen LogP contribution in [0.25, 0.3) is 0 Å². The van der Waals surface area contributed by atoms with Crippen LogP contribution in [0.1, 0.15) is 43.0 Å². The zero-order valence-electron chi connectivity index (χ0n) is 14.6. The van der Waals surface area contributed by atoms with Gasteiger partial charge in [-0.1, -0.05) is 13.3 Å². The number of carbonyl (C=O) groups is 2. The van der Waals surface area contributed by atoms with Gasteiger partial charge in [0.1, 0.15) is 6.04 Å². The third-order valence-corrected chi connectivity index (χ3v) is 4.69. The molecule has 1 aliphatic heterocycles. The van der Waals surface area contributed by atoms with Crippen molar-refractivity contribution in [1.29, 1.82) is 0 Å². The molecule has 0 saturated carbocycles. The van der Waals surface area contributed by atoms with Crippen LogP contribution in [0.5, 0.6) is 0 Å². The molecule has 1 saturated heterocycles. The predicted octanol–water partition coefficient (Wildman–Crippen LogP) is 1.58. The Hall–Kier alpha value is -2.09. The number of unbranched alkanes of at least 4 members (excludes halogenated alkanes) is 1. The van der Waals surface area contributed by atoms with Gasteiger partial charge in [0.2, 0.25) is 15.9 Å². The molecule has 1 heterocycles. The van der Waals surface area contributed by atoms with Crippen LogP contribution in [0.2, 0.25) is 0 Å². The van der Waals surface area contributed by atoms with Crippen LogP contribution in [0.15, 0.2) is 24.3 Å². The maximum absolute atomic E-state index is 12.7. The number of amides is 2. The summed E-state index contributed by atoms with van der Waals surface area (Å²) in [5.74, 6) is -0.311. The second-order valence-electron chi connectivity index (χ2n) is 6.25. The third-order valence-electron chi connectivity index (χ3n) is 4.08. The van der Waals surface area contributed by atoms with Crippen LogP contribution in [-0.4, -0.2) is 50.5 Å². The molecule has 1 aromatic carbocycles. The first-order valence-corrected chi connectivity index (χ1v) is 10.4. The zero-order chi connectivity index (χ0) is 18.4.